The Balaban J connectivity index is 1.83. The van der Waals surface area contributed by atoms with E-state index in [1.54, 1.807) is 6.07 Å². The molecule has 11 heteroatoms. The lowest BCUT2D eigenvalue weighted by Crippen LogP contribution is -2.37. The number of nitrogens with zero attached hydrogens (tertiary/aromatic N) is 3. The molecule has 3 aliphatic rings. The van der Waals surface area contributed by atoms with E-state index >= 15 is 0 Å². The minimum absolute atomic E-state index is 0.0512. The summed E-state index contributed by atoms with van der Waals surface area (Å²) in [5, 5.41) is 9.20. The number of hydrogen-bond donors (Lipinski definition) is 0. The molecule has 1 atom stereocenters. The zero-order valence-electron chi connectivity index (χ0n) is 14.4. The summed E-state index contributed by atoms with van der Waals surface area (Å²) in [5.74, 6) is -0.590. The Morgan fingerprint density at radius 1 is 1.34 bits per heavy atom. The first kappa shape index (κ1) is 19.5. The van der Waals surface area contributed by atoms with Crippen LogP contribution in [0.25, 0.3) is 0 Å². The van der Waals surface area contributed by atoms with Gasteiger partial charge in [0, 0.05) is 18.2 Å². The third-order valence-corrected chi connectivity index (χ3v) is 5.23. The van der Waals surface area contributed by atoms with Crippen LogP contribution in [-0.2, 0) is 10.3 Å². The Kier molecular flexibility index (Phi) is 4.46. The van der Waals surface area contributed by atoms with Crippen molar-refractivity contribution >= 4 is 17.4 Å². The van der Waals surface area contributed by atoms with Crippen molar-refractivity contribution in [2.45, 2.75) is 24.7 Å². The van der Waals surface area contributed by atoms with E-state index in [4.69, 9.17) is 21.6 Å². The number of fused-ring (bicyclic) bond motifs is 3. The van der Waals surface area contributed by atoms with Gasteiger partial charge in [-0.15, -0.1) is 0 Å². The van der Waals surface area contributed by atoms with E-state index in [-0.39, 0.29) is 41.7 Å². The van der Waals surface area contributed by atoms with E-state index in [9.17, 15) is 22.0 Å². The van der Waals surface area contributed by atoms with Gasteiger partial charge >= 0.3 is 12.8 Å². The highest BCUT2D eigenvalue weighted by atomic mass is 35.5. The minimum Gasteiger partial charge on any atom is -0.491 e. The van der Waals surface area contributed by atoms with E-state index in [1.165, 1.54) is 6.07 Å². The van der Waals surface area contributed by atoms with Crippen LogP contribution >= 0.6 is 11.6 Å². The lowest BCUT2D eigenvalue weighted by atomic mass is 9.85. The van der Waals surface area contributed by atoms with Crippen molar-refractivity contribution in [2.24, 2.45) is 4.99 Å². The van der Waals surface area contributed by atoms with E-state index in [0.29, 0.717) is 11.6 Å². The van der Waals surface area contributed by atoms with Crippen LogP contribution in [0.15, 0.2) is 40.7 Å². The molecule has 0 saturated heterocycles. The zero-order chi connectivity index (χ0) is 21.0. The Hall–Kier alpha value is -2.80. The molecule has 1 spiro atoms. The molecule has 29 heavy (non-hydrogen) atoms. The SMILES string of the molecule is N#Cc1ccc2c(c1Cl)OCC[C@@]21CN2C=C(C(F)(F)F)C=C(OC(F)F)C2=N1. The summed E-state index contributed by atoms with van der Waals surface area (Å²) in [6, 6.07) is 4.94. The van der Waals surface area contributed by atoms with Gasteiger partial charge in [-0.1, -0.05) is 17.7 Å². The Bertz CT molecular complexity index is 1010. The molecule has 0 amide bonds. The van der Waals surface area contributed by atoms with Crippen LogP contribution in [0.1, 0.15) is 17.5 Å². The predicted octanol–water partition coefficient (Wildman–Crippen LogP) is 4.49. The first-order chi connectivity index (χ1) is 13.6. The van der Waals surface area contributed by atoms with Gasteiger partial charge in [0.25, 0.3) is 0 Å². The maximum absolute atomic E-state index is 13.2. The maximum Gasteiger partial charge on any atom is 0.417 e. The second-order valence-corrected chi connectivity index (χ2v) is 6.96. The second-order valence-electron chi connectivity index (χ2n) is 6.58. The van der Waals surface area contributed by atoms with Crippen LogP contribution in [0, 0.1) is 11.3 Å². The lowest BCUT2D eigenvalue weighted by molar-refractivity contribution is -0.0981. The first-order valence-electron chi connectivity index (χ1n) is 8.33. The van der Waals surface area contributed by atoms with E-state index < -0.39 is 29.7 Å². The van der Waals surface area contributed by atoms with Crippen molar-refractivity contribution in [2.75, 3.05) is 13.2 Å². The largest absolute Gasteiger partial charge is 0.491 e. The van der Waals surface area contributed by atoms with Gasteiger partial charge in [0.15, 0.2) is 11.6 Å². The molecule has 0 fully saturated rings. The van der Waals surface area contributed by atoms with Gasteiger partial charge < -0.3 is 14.4 Å². The van der Waals surface area contributed by atoms with Crippen LogP contribution in [-0.4, -0.2) is 36.7 Å². The van der Waals surface area contributed by atoms with Crippen molar-refractivity contribution in [3.05, 3.63) is 51.9 Å². The lowest BCUT2D eigenvalue weighted by Gasteiger charge is -2.34. The van der Waals surface area contributed by atoms with E-state index in [1.807, 2.05) is 6.07 Å². The normalized spacial score (nSPS) is 23.0. The number of hydrogen-bond acceptors (Lipinski definition) is 5. The van der Waals surface area contributed by atoms with Gasteiger partial charge in [-0.25, -0.2) is 0 Å². The number of halogens is 6. The Morgan fingerprint density at radius 2 is 2.10 bits per heavy atom. The van der Waals surface area contributed by atoms with Crippen LogP contribution in [0.4, 0.5) is 22.0 Å². The zero-order valence-corrected chi connectivity index (χ0v) is 15.2. The summed E-state index contributed by atoms with van der Waals surface area (Å²) in [6.07, 6.45) is -3.16. The third kappa shape index (κ3) is 3.19. The van der Waals surface area contributed by atoms with Gasteiger partial charge in [0.1, 0.15) is 22.4 Å². The molecule has 0 bridgehead atoms. The summed E-state index contributed by atoms with van der Waals surface area (Å²) >= 11 is 6.22. The summed E-state index contributed by atoms with van der Waals surface area (Å²) in [5.41, 5.74) is -1.57. The van der Waals surface area contributed by atoms with Crippen LogP contribution < -0.4 is 4.74 Å². The highest BCUT2D eigenvalue weighted by Gasteiger charge is 2.48. The first-order valence-corrected chi connectivity index (χ1v) is 8.71. The number of rotatable bonds is 2. The predicted molar refractivity (Wildman–Crippen MR) is 91.4 cm³/mol. The monoisotopic (exact) mass is 431 g/mol. The molecule has 0 aliphatic carbocycles. The molecule has 0 radical (unpaired) electrons. The van der Waals surface area contributed by atoms with Gasteiger partial charge in [-0.2, -0.15) is 27.2 Å². The fraction of sp³-hybridized carbons (Fsp3) is 0.333. The van der Waals surface area contributed by atoms with Crippen molar-refractivity contribution in [3.8, 4) is 11.8 Å². The van der Waals surface area contributed by atoms with Crippen molar-refractivity contribution in [1.29, 1.82) is 5.26 Å². The highest BCUT2D eigenvalue weighted by Crippen LogP contribution is 2.49. The van der Waals surface area contributed by atoms with Crippen molar-refractivity contribution in [1.82, 2.24) is 4.90 Å². The number of alkyl halides is 5. The quantitative estimate of drug-likeness (QED) is 0.648. The molecule has 5 nitrogen and oxygen atoms in total. The van der Waals surface area contributed by atoms with Crippen molar-refractivity contribution < 1.29 is 31.4 Å². The number of ether oxygens (including phenoxy) is 2. The summed E-state index contributed by atoms with van der Waals surface area (Å²) in [7, 11) is 0. The third-order valence-electron chi connectivity index (χ3n) is 4.85. The molecule has 1 aromatic rings. The average molecular weight is 432 g/mol. The van der Waals surface area contributed by atoms with Gasteiger partial charge in [0.05, 0.1) is 24.3 Å². The number of aliphatic imine (C=N–C) groups is 1. The molecule has 3 aliphatic heterocycles. The maximum atomic E-state index is 13.2. The van der Waals surface area contributed by atoms with Crippen LogP contribution in [0.5, 0.6) is 5.75 Å². The Morgan fingerprint density at radius 3 is 2.76 bits per heavy atom. The van der Waals surface area contributed by atoms with Crippen LogP contribution in [0.3, 0.4) is 0 Å². The molecule has 152 valence electrons. The van der Waals surface area contributed by atoms with Gasteiger partial charge in [-0.05, 0) is 12.1 Å². The molecule has 0 saturated carbocycles. The second kappa shape index (κ2) is 6.62. The summed E-state index contributed by atoms with van der Waals surface area (Å²) in [6.45, 7) is -3.23. The summed E-state index contributed by atoms with van der Waals surface area (Å²) in [4.78, 5) is 5.61. The van der Waals surface area contributed by atoms with Gasteiger partial charge in [0.2, 0.25) is 0 Å². The number of benzene rings is 1. The smallest absolute Gasteiger partial charge is 0.417 e. The summed E-state index contributed by atoms with van der Waals surface area (Å²) < 4.78 is 75.2. The fourth-order valence-corrected chi connectivity index (χ4v) is 3.86. The molecule has 4 rings (SSSR count). The topological polar surface area (TPSA) is 57.8 Å². The molecular weight excluding hydrogens is 421 g/mol. The molecule has 1 aromatic carbocycles. The standard InChI is InChI=1S/C18H11ClF5N3O2/c19-13-9(6-25)1-2-11-14(13)28-4-3-17(11)8-27-7-10(18(22,23)24)5-12(15(27)26-17)29-16(20)21/h1-2,5,7,16H,3-4,8H2/t17-/m1/s1. The van der Waals surface area contributed by atoms with Crippen LogP contribution in [0.2, 0.25) is 5.02 Å². The number of amidine groups is 1. The average Bonchev–Trinajstić information content (AvgIpc) is 3.01. The molecular formula is C18H11ClF5N3O2. The fourth-order valence-electron chi connectivity index (χ4n) is 3.60. The van der Waals surface area contributed by atoms with Crippen molar-refractivity contribution in [3.63, 3.8) is 0 Å². The molecule has 0 aromatic heterocycles. The Labute approximate surface area is 166 Å². The minimum atomic E-state index is -4.75. The molecule has 3 heterocycles. The molecule has 0 unspecified atom stereocenters. The van der Waals surface area contributed by atoms with E-state index in [0.717, 1.165) is 11.1 Å². The van der Waals surface area contributed by atoms with Gasteiger partial charge in [-0.3, -0.25) is 4.99 Å². The van der Waals surface area contributed by atoms with E-state index in [2.05, 4.69) is 9.73 Å². The number of allylic oxidation sites excluding steroid dienone is 2. The molecule has 0 N–H and O–H groups in total. The highest BCUT2D eigenvalue weighted by molar-refractivity contribution is 6.33. The number of nitriles is 1.